The number of piperazine rings is 1. The van der Waals surface area contributed by atoms with Crippen molar-refractivity contribution in [3.8, 4) is 0 Å². The molecule has 0 saturated carbocycles. The van der Waals surface area contributed by atoms with Crippen LogP contribution in [0.4, 0.5) is 16.3 Å². The van der Waals surface area contributed by atoms with E-state index in [1.54, 1.807) is 4.90 Å². The first-order valence-electron chi connectivity index (χ1n) is 10.8. The molecule has 0 radical (unpaired) electrons. The lowest BCUT2D eigenvalue weighted by Crippen LogP contribution is -2.49. The van der Waals surface area contributed by atoms with E-state index in [0.717, 1.165) is 52.2 Å². The van der Waals surface area contributed by atoms with Crippen LogP contribution in [0.25, 0.3) is 0 Å². The highest BCUT2D eigenvalue weighted by Crippen LogP contribution is 2.23. The van der Waals surface area contributed by atoms with Gasteiger partial charge in [-0.05, 0) is 24.1 Å². The molecule has 3 heterocycles. The number of carbonyl (C=O) groups excluding carboxylic acids is 1. The zero-order valence-corrected chi connectivity index (χ0v) is 19.3. The maximum atomic E-state index is 12.7. The maximum Gasteiger partial charge on any atom is 0.344 e. The van der Waals surface area contributed by atoms with E-state index in [1.807, 2.05) is 0 Å². The first-order chi connectivity index (χ1) is 15.3. The first-order valence-corrected chi connectivity index (χ1v) is 12.6. The van der Waals surface area contributed by atoms with Gasteiger partial charge in [-0.25, -0.2) is 13.2 Å². The molecule has 0 aliphatic carbocycles. The molecule has 1 amide bonds. The summed E-state index contributed by atoms with van der Waals surface area (Å²) in [6.45, 7) is 9.14. The molecule has 2 saturated heterocycles. The third kappa shape index (κ3) is 5.59. The summed E-state index contributed by atoms with van der Waals surface area (Å²) in [5.74, 6) is 0.135. The molecule has 1 N–H and O–H groups in total. The largest absolute Gasteiger partial charge is 0.378 e. The molecular formula is C21H30N6O4S. The quantitative estimate of drug-likeness (QED) is 0.712. The van der Waals surface area contributed by atoms with Gasteiger partial charge in [-0.2, -0.15) is 4.68 Å². The van der Waals surface area contributed by atoms with Crippen LogP contribution in [0, 0.1) is 6.92 Å². The number of nitrogens with one attached hydrogen (secondary N) is 1. The van der Waals surface area contributed by atoms with E-state index in [1.165, 1.54) is 33.8 Å². The van der Waals surface area contributed by atoms with Gasteiger partial charge in [0.15, 0.2) is 5.82 Å². The van der Waals surface area contributed by atoms with Gasteiger partial charge in [-0.3, -0.25) is 9.62 Å². The van der Waals surface area contributed by atoms with Gasteiger partial charge in [0.1, 0.15) is 0 Å². The summed E-state index contributed by atoms with van der Waals surface area (Å²) in [6, 6.07) is 7.86. The van der Waals surface area contributed by atoms with Gasteiger partial charge < -0.3 is 14.5 Å². The van der Waals surface area contributed by atoms with Gasteiger partial charge in [-0.1, -0.05) is 12.1 Å². The molecule has 0 spiro atoms. The number of benzene rings is 1. The van der Waals surface area contributed by atoms with Crippen LogP contribution < -0.4 is 9.62 Å². The molecule has 2 aliphatic rings. The Morgan fingerprint density at radius 3 is 2.47 bits per heavy atom. The number of anilines is 2. The molecular weight excluding hydrogens is 432 g/mol. The fourth-order valence-corrected chi connectivity index (χ4v) is 4.64. The second-order valence-corrected chi connectivity index (χ2v) is 10.0. The van der Waals surface area contributed by atoms with Gasteiger partial charge in [-0.15, -0.1) is 5.10 Å². The lowest BCUT2D eigenvalue weighted by molar-refractivity contribution is 0.122. The number of morpholine rings is 1. The first kappa shape index (κ1) is 22.6. The Bertz CT molecular complexity index is 1060. The number of amides is 1. The Hall–Kier alpha value is -2.63. The van der Waals surface area contributed by atoms with Crippen molar-refractivity contribution < 1.29 is 17.9 Å². The third-order valence-corrected chi connectivity index (χ3v) is 6.32. The van der Waals surface area contributed by atoms with Gasteiger partial charge in [0, 0.05) is 63.8 Å². The standard InChI is InChI=1S/C21H30N6O4S/c1-17-15-18(3-4-19(17)25-11-13-31-14-12-25)16-24-7-9-26(10-8-24)21(28)27-6-5-20(22-27)23-32(2,29)30/h3-6,15H,7-14,16H2,1-2H3,(H,22,23). The highest BCUT2D eigenvalue weighted by molar-refractivity contribution is 7.92. The topological polar surface area (TPSA) is 100 Å². The minimum atomic E-state index is -3.43. The van der Waals surface area contributed by atoms with E-state index in [2.05, 4.69) is 44.7 Å². The Labute approximate surface area is 188 Å². The van der Waals surface area contributed by atoms with Crippen molar-refractivity contribution in [2.75, 3.05) is 68.4 Å². The summed E-state index contributed by atoms with van der Waals surface area (Å²) in [7, 11) is -3.43. The number of aromatic nitrogens is 2. The molecule has 0 bridgehead atoms. The summed E-state index contributed by atoms with van der Waals surface area (Å²) >= 11 is 0. The SMILES string of the molecule is Cc1cc(CN2CCN(C(=O)n3ccc(NS(C)(=O)=O)n3)CC2)ccc1N1CCOCC1. The highest BCUT2D eigenvalue weighted by Gasteiger charge is 2.23. The lowest BCUT2D eigenvalue weighted by Gasteiger charge is -2.34. The van der Waals surface area contributed by atoms with Gasteiger partial charge in [0.2, 0.25) is 10.0 Å². The molecule has 0 unspecified atom stereocenters. The molecule has 4 rings (SSSR count). The molecule has 174 valence electrons. The molecule has 10 nitrogen and oxygen atoms in total. The molecule has 1 aromatic carbocycles. The van der Waals surface area contributed by atoms with Crippen LogP contribution in [0.3, 0.4) is 0 Å². The van der Waals surface area contributed by atoms with Gasteiger partial charge in [0.25, 0.3) is 0 Å². The summed E-state index contributed by atoms with van der Waals surface area (Å²) in [5.41, 5.74) is 3.81. The maximum absolute atomic E-state index is 12.7. The van der Waals surface area contributed by atoms with Crippen LogP contribution in [0.1, 0.15) is 11.1 Å². The van der Waals surface area contributed by atoms with Crippen LogP contribution in [0.2, 0.25) is 0 Å². The summed E-state index contributed by atoms with van der Waals surface area (Å²) in [5, 5.41) is 4.02. The fraction of sp³-hybridized carbons (Fsp3) is 0.524. The number of hydrogen-bond donors (Lipinski definition) is 1. The van der Waals surface area contributed by atoms with Crippen molar-refractivity contribution in [2.45, 2.75) is 13.5 Å². The number of carbonyl (C=O) groups is 1. The van der Waals surface area contributed by atoms with Crippen LogP contribution in [0.5, 0.6) is 0 Å². The predicted octanol–water partition coefficient (Wildman–Crippen LogP) is 1.19. The molecule has 32 heavy (non-hydrogen) atoms. The van der Waals surface area contributed by atoms with E-state index >= 15 is 0 Å². The van der Waals surface area contributed by atoms with Crippen LogP contribution in [0.15, 0.2) is 30.5 Å². The zero-order valence-electron chi connectivity index (χ0n) is 18.5. The van der Waals surface area contributed by atoms with Crippen LogP contribution in [-0.4, -0.2) is 92.8 Å². The summed E-state index contributed by atoms with van der Waals surface area (Å²) in [4.78, 5) is 19.1. The fourth-order valence-electron chi connectivity index (χ4n) is 4.15. The molecule has 2 aromatic rings. The molecule has 1 aromatic heterocycles. The van der Waals surface area contributed by atoms with Crippen molar-refractivity contribution in [3.63, 3.8) is 0 Å². The third-order valence-electron chi connectivity index (χ3n) is 5.74. The predicted molar refractivity (Wildman–Crippen MR) is 123 cm³/mol. The number of nitrogens with zero attached hydrogens (tertiary/aromatic N) is 5. The normalized spacial score (nSPS) is 18.1. The Kier molecular flexibility index (Phi) is 6.68. The molecule has 2 aliphatic heterocycles. The molecule has 11 heteroatoms. The van der Waals surface area contributed by atoms with E-state index in [0.29, 0.717) is 13.1 Å². The van der Waals surface area contributed by atoms with Crippen molar-refractivity contribution in [3.05, 3.63) is 41.6 Å². The molecule has 0 atom stereocenters. The van der Waals surface area contributed by atoms with Crippen molar-refractivity contribution >= 4 is 27.6 Å². The van der Waals surface area contributed by atoms with E-state index in [9.17, 15) is 13.2 Å². The van der Waals surface area contributed by atoms with Crippen molar-refractivity contribution in [1.82, 2.24) is 19.6 Å². The average molecular weight is 463 g/mol. The number of sulfonamides is 1. The number of ether oxygens (including phenoxy) is 1. The van der Waals surface area contributed by atoms with Crippen LogP contribution in [-0.2, 0) is 21.3 Å². The lowest BCUT2D eigenvalue weighted by atomic mass is 10.1. The Morgan fingerprint density at radius 1 is 1.09 bits per heavy atom. The van der Waals surface area contributed by atoms with E-state index in [-0.39, 0.29) is 11.8 Å². The van der Waals surface area contributed by atoms with Crippen molar-refractivity contribution in [1.29, 1.82) is 0 Å². The van der Waals surface area contributed by atoms with E-state index in [4.69, 9.17) is 4.74 Å². The summed E-state index contributed by atoms with van der Waals surface area (Å²) in [6.07, 6.45) is 2.52. The molecule has 2 fully saturated rings. The second kappa shape index (κ2) is 9.47. The highest BCUT2D eigenvalue weighted by atomic mass is 32.2. The minimum Gasteiger partial charge on any atom is -0.378 e. The van der Waals surface area contributed by atoms with Crippen LogP contribution >= 0.6 is 0 Å². The zero-order chi connectivity index (χ0) is 22.7. The second-order valence-electron chi connectivity index (χ2n) is 8.29. The number of rotatable bonds is 5. The van der Waals surface area contributed by atoms with E-state index < -0.39 is 10.0 Å². The average Bonchev–Trinajstić information content (AvgIpc) is 3.21. The summed E-state index contributed by atoms with van der Waals surface area (Å²) < 4.78 is 31.5. The Balaban J connectivity index is 1.30. The van der Waals surface area contributed by atoms with Crippen molar-refractivity contribution in [2.24, 2.45) is 0 Å². The number of aryl methyl sites for hydroxylation is 1. The number of hydrogen-bond acceptors (Lipinski definition) is 7. The Morgan fingerprint density at radius 2 is 1.81 bits per heavy atom. The minimum absolute atomic E-state index is 0.135. The van der Waals surface area contributed by atoms with Gasteiger partial charge in [0.05, 0.1) is 19.5 Å². The smallest absolute Gasteiger partial charge is 0.344 e. The van der Waals surface area contributed by atoms with Gasteiger partial charge >= 0.3 is 6.03 Å². The monoisotopic (exact) mass is 462 g/mol.